The van der Waals surface area contributed by atoms with Crippen LogP contribution >= 0.6 is 0 Å². The average Bonchev–Trinajstić information content (AvgIpc) is 2.24. The van der Waals surface area contributed by atoms with E-state index in [9.17, 15) is 14.4 Å². The molecule has 0 aromatic rings. The predicted octanol–water partition coefficient (Wildman–Crippen LogP) is -1.64. The standard InChI is InChI=1S/C7H14N2O4.C2H5NO2/c8-7(9,6(12)13)4-2-1-3-5(10)11;3-1-2(4)5/h1-4,8-9H2,(H,10,11)(H,12,13);1,3H2,(H,4,5). The van der Waals surface area contributed by atoms with Crippen molar-refractivity contribution in [3.63, 3.8) is 0 Å². The molecule has 9 N–H and O–H groups in total. The Hall–Kier alpha value is -1.71. The van der Waals surface area contributed by atoms with E-state index in [2.05, 4.69) is 5.73 Å². The fourth-order valence-corrected chi connectivity index (χ4v) is 0.801. The van der Waals surface area contributed by atoms with Crippen molar-refractivity contribution in [2.24, 2.45) is 17.2 Å². The highest BCUT2D eigenvalue weighted by molar-refractivity contribution is 5.77. The van der Waals surface area contributed by atoms with Gasteiger partial charge in [-0.3, -0.25) is 9.59 Å². The molecule has 0 amide bonds. The van der Waals surface area contributed by atoms with Gasteiger partial charge in [-0.15, -0.1) is 0 Å². The number of nitrogens with two attached hydrogens (primary N) is 3. The van der Waals surface area contributed by atoms with Crippen LogP contribution in [0.4, 0.5) is 0 Å². The lowest BCUT2D eigenvalue weighted by molar-refractivity contribution is -0.143. The molecule has 0 fully saturated rings. The fraction of sp³-hybridized carbons (Fsp3) is 0.667. The second kappa shape index (κ2) is 9.33. The second-order valence-electron chi connectivity index (χ2n) is 3.54. The first-order valence-electron chi connectivity index (χ1n) is 5.08. The quantitative estimate of drug-likeness (QED) is 0.231. The molecule has 0 aromatic heterocycles. The van der Waals surface area contributed by atoms with Crippen LogP contribution in [0.25, 0.3) is 0 Å². The minimum absolute atomic E-state index is 0.00962. The zero-order valence-electron chi connectivity index (χ0n) is 9.83. The van der Waals surface area contributed by atoms with Gasteiger partial charge >= 0.3 is 17.9 Å². The molecule has 0 saturated carbocycles. The second-order valence-corrected chi connectivity index (χ2v) is 3.54. The molecule has 0 unspecified atom stereocenters. The molecule has 0 spiro atoms. The highest BCUT2D eigenvalue weighted by atomic mass is 16.4. The van der Waals surface area contributed by atoms with Crippen LogP contribution in [-0.2, 0) is 14.4 Å². The lowest BCUT2D eigenvalue weighted by Gasteiger charge is -2.18. The average molecular weight is 265 g/mol. The Labute approximate surface area is 104 Å². The third-order valence-corrected chi connectivity index (χ3v) is 1.80. The summed E-state index contributed by atoms with van der Waals surface area (Å²) in [6.45, 7) is -0.278. The Bertz CT molecular complexity index is 292. The third kappa shape index (κ3) is 12.4. The molecule has 0 atom stereocenters. The number of carbonyl (C=O) groups is 3. The van der Waals surface area contributed by atoms with Gasteiger partial charge in [-0.1, -0.05) is 0 Å². The van der Waals surface area contributed by atoms with E-state index in [1.54, 1.807) is 0 Å². The SMILES string of the molecule is NC(N)(CCCCC(=O)O)C(=O)O.NCC(=O)O. The summed E-state index contributed by atoms with van der Waals surface area (Å²) in [5.41, 5.74) is 13.2. The highest BCUT2D eigenvalue weighted by Gasteiger charge is 2.27. The van der Waals surface area contributed by atoms with E-state index in [0.29, 0.717) is 12.8 Å². The van der Waals surface area contributed by atoms with Crippen molar-refractivity contribution in [1.29, 1.82) is 0 Å². The lowest BCUT2D eigenvalue weighted by Crippen LogP contribution is -2.56. The van der Waals surface area contributed by atoms with Crippen molar-refractivity contribution >= 4 is 17.9 Å². The number of carboxylic acid groups (broad SMARTS) is 3. The van der Waals surface area contributed by atoms with Crippen LogP contribution in [0.5, 0.6) is 0 Å². The van der Waals surface area contributed by atoms with E-state index >= 15 is 0 Å². The predicted molar refractivity (Wildman–Crippen MR) is 61.5 cm³/mol. The van der Waals surface area contributed by atoms with Crippen molar-refractivity contribution in [3.05, 3.63) is 0 Å². The molecule has 0 saturated heterocycles. The summed E-state index contributed by atoms with van der Waals surface area (Å²) in [5.74, 6) is -3.15. The summed E-state index contributed by atoms with van der Waals surface area (Å²) in [6, 6.07) is 0. The van der Waals surface area contributed by atoms with Gasteiger partial charge in [0.05, 0.1) is 6.54 Å². The molecule has 9 heteroatoms. The summed E-state index contributed by atoms with van der Waals surface area (Å²) >= 11 is 0. The molecule has 0 heterocycles. The van der Waals surface area contributed by atoms with E-state index in [1.807, 2.05) is 0 Å². The minimum atomic E-state index is -1.74. The molecule has 0 radical (unpaired) electrons. The molecule has 0 aliphatic carbocycles. The molecule has 0 rings (SSSR count). The van der Waals surface area contributed by atoms with Crippen LogP contribution in [-0.4, -0.2) is 45.4 Å². The van der Waals surface area contributed by atoms with Gasteiger partial charge in [0.2, 0.25) is 0 Å². The smallest absolute Gasteiger partial charge is 0.338 e. The van der Waals surface area contributed by atoms with E-state index in [-0.39, 0.29) is 19.4 Å². The van der Waals surface area contributed by atoms with Crippen LogP contribution in [0.2, 0.25) is 0 Å². The molecule has 0 aliphatic rings. The summed E-state index contributed by atoms with van der Waals surface area (Å²) in [7, 11) is 0. The normalized spacial score (nSPS) is 10.2. The van der Waals surface area contributed by atoms with Crippen LogP contribution in [0.1, 0.15) is 25.7 Å². The summed E-state index contributed by atoms with van der Waals surface area (Å²) in [6.07, 6.45) is 0.871. The number of hydrogen-bond donors (Lipinski definition) is 6. The number of unbranched alkanes of at least 4 members (excludes halogenated alkanes) is 1. The van der Waals surface area contributed by atoms with Crippen LogP contribution in [0, 0.1) is 0 Å². The van der Waals surface area contributed by atoms with Gasteiger partial charge in [-0.05, 0) is 19.3 Å². The van der Waals surface area contributed by atoms with Gasteiger partial charge in [0.15, 0.2) is 5.66 Å². The Morgan fingerprint density at radius 2 is 1.39 bits per heavy atom. The van der Waals surface area contributed by atoms with Gasteiger partial charge < -0.3 is 32.5 Å². The number of aliphatic carboxylic acids is 3. The Morgan fingerprint density at radius 1 is 0.944 bits per heavy atom. The van der Waals surface area contributed by atoms with E-state index in [1.165, 1.54) is 0 Å². The van der Waals surface area contributed by atoms with E-state index in [4.69, 9.17) is 26.8 Å². The molecule has 0 bridgehead atoms. The van der Waals surface area contributed by atoms with Crippen molar-refractivity contribution in [2.75, 3.05) is 6.54 Å². The molecule has 18 heavy (non-hydrogen) atoms. The van der Waals surface area contributed by atoms with Crippen molar-refractivity contribution < 1.29 is 29.7 Å². The maximum Gasteiger partial charge on any atom is 0.338 e. The maximum atomic E-state index is 10.4. The van der Waals surface area contributed by atoms with Gasteiger partial charge in [0, 0.05) is 6.42 Å². The molecule has 106 valence electrons. The summed E-state index contributed by atoms with van der Waals surface area (Å²) in [4.78, 5) is 29.7. The highest BCUT2D eigenvalue weighted by Crippen LogP contribution is 2.07. The topological polar surface area (TPSA) is 190 Å². The van der Waals surface area contributed by atoms with Crippen LogP contribution in [0.15, 0.2) is 0 Å². The Balaban J connectivity index is 0. The minimum Gasteiger partial charge on any atom is -0.481 e. The zero-order valence-corrected chi connectivity index (χ0v) is 9.83. The number of rotatable bonds is 7. The molecular formula is C9H19N3O6. The van der Waals surface area contributed by atoms with Gasteiger partial charge in [-0.25, -0.2) is 4.79 Å². The maximum absolute atomic E-state index is 10.4. The molecular weight excluding hydrogens is 246 g/mol. The van der Waals surface area contributed by atoms with Crippen molar-refractivity contribution in [1.82, 2.24) is 0 Å². The lowest BCUT2D eigenvalue weighted by atomic mass is 10.0. The molecule has 9 nitrogen and oxygen atoms in total. The summed E-state index contributed by atoms with van der Waals surface area (Å²) in [5, 5.41) is 24.4. The monoisotopic (exact) mass is 265 g/mol. The number of hydrogen-bond acceptors (Lipinski definition) is 6. The van der Waals surface area contributed by atoms with Gasteiger partial charge in [-0.2, -0.15) is 0 Å². The van der Waals surface area contributed by atoms with Gasteiger partial charge in [0.1, 0.15) is 0 Å². The van der Waals surface area contributed by atoms with Gasteiger partial charge in [0.25, 0.3) is 0 Å². The van der Waals surface area contributed by atoms with Crippen molar-refractivity contribution in [2.45, 2.75) is 31.3 Å². The Morgan fingerprint density at radius 3 is 1.67 bits per heavy atom. The Kier molecular flexibility index (Phi) is 9.67. The van der Waals surface area contributed by atoms with E-state index < -0.39 is 23.6 Å². The number of carboxylic acids is 3. The van der Waals surface area contributed by atoms with Crippen molar-refractivity contribution in [3.8, 4) is 0 Å². The third-order valence-electron chi connectivity index (χ3n) is 1.80. The molecule has 0 aromatic carbocycles. The van der Waals surface area contributed by atoms with Crippen LogP contribution in [0.3, 0.4) is 0 Å². The summed E-state index contributed by atoms with van der Waals surface area (Å²) < 4.78 is 0. The molecule has 0 aliphatic heterocycles. The fourth-order valence-electron chi connectivity index (χ4n) is 0.801. The first kappa shape index (κ1) is 18.6. The van der Waals surface area contributed by atoms with Crippen LogP contribution < -0.4 is 17.2 Å². The zero-order chi connectivity index (χ0) is 14.8. The largest absolute Gasteiger partial charge is 0.481 e. The van der Waals surface area contributed by atoms with E-state index in [0.717, 1.165) is 0 Å². The first-order valence-corrected chi connectivity index (χ1v) is 5.08. The first-order chi connectivity index (χ1) is 8.13.